The number of nitrogens with one attached hydrogen (secondary N) is 2. The molecule has 0 unspecified atom stereocenters. The van der Waals surface area contributed by atoms with Crippen LogP contribution in [0.5, 0.6) is 5.75 Å². The number of carbonyl (C=O) groups excluding carboxylic acids is 2. The lowest BCUT2D eigenvalue weighted by Gasteiger charge is -2.15. The number of rotatable bonds is 9. The van der Waals surface area contributed by atoms with Gasteiger partial charge in [-0.2, -0.15) is 0 Å². The Hall–Kier alpha value is -4.74. The second-order valence-electron chi connectivity index (χ2n) is 11.0. The van der Waals surface area contributed by atoms with Crippen LogP contribution in [0.2, 0.25) is 0 Å². The molecule has 2 fully saturated rings. The Balaban J connectivity index is 0.000000609. The van der Waals surface area contributed by atoms with Crippen molar-refractivity contribution >= 4 is 50.9 Å². The first-order valence-electron chi connectivity index (χ1n) is 14.9. The van der Waals surface area contributed by atoms with Gasteiger partial charge < -0.3 is 25.6 Å². The summed E-state index contributed by atoms with van der Waals surface area (Å²) in [6.07, 6.45) is 3.68. The number of fused-ring (bicyclic) bond motifs is 1. The molecule has 0 radical (unpaired) electrons. The number of anilines is 1. The molecule has 2 saturated heterocycles. The Bertz CT molecular complexity index is 1650. The number of likely N-dealkylation sites (tertiary alicyclic amines) is 1. The van der Waals surface area contributed by atoms with Crippen LogP contribution >= 0.6 is 11.3 Å². The number of hydrogen-bond donors (Lipinski definition) is 4. The van der Waals surface area contributed by atoms with Crippen molar-refractivity contribution in [2.45, 2.75) is 25.7 Å². The Morgan fingerprint density at radius 2 is 1.62 bits per heavy atom. The number of amides is 2. The van der Waals surface area contributed by atoms with E-state index in [1.807, 2.05) is 12.1 Å². The molecule has 3 heterocycles. The van der Waals surface area contributed by atoms with E-state index < -0.39 is 11.9 Å². The van der Waals surface area contributed by atoms with Crippen LogP contribution in [0.3, 0.4) is 0 Å². The molecule has 10 nitrogen and oxygen atoms in total. The molecular weight excluding hydrogens is 594 g/mol. The summed E-state index contributed by atoms with van der Waals surface area (Å²) >= 11 is 1.80. The Kier molecular flexibility index (Phi) is 10.4. The van der Waals surface area contributed by atoms with Gasteiger partial charge in [-0.25, -0.2) is 9.59 Å². The first kappa shape index (κ1) is 31.7. The number of carboxylic acids is 2. The van der Waals surface area contributed by atoms with E-state index in [-0.39, 0.29) is 24.2 Å². The lowest BCUT2D eigenvalue weighted by atomic mass is 9.99. The van der Waals surface area contributed by atoms with E-state index in [9.17, 15) is 9.59 Å². The zero-order valence-corrected chi connectivity index (χ0v) is 25.5. The molecule has 0 aliphatic carbocycles. The van der Waals surface area contributed by atoms with Gasteiger partial charge in [0.2, 0.25) is 11.8 Å². The van der Waals surface area contributed by atoms with Crippen molar-refractivity contribution in [3.63, 3.8) is 0 Å². The Morgan fingerprint density at radius 1 is 0.933 bits per heavy atom. The molecule has 2 aliphatic rings. The highest BCUT2D eigenvalue weighted by atomic mass is 32.1. The van der Waals surface area contributed by atoms with Crippen LogP contribution in [0.4, 0.5) is 5.69 Å². The summed E-state index contributed by atoms with van der Waals surface area (Å²) in [4.78, 5) is 45.9. The smallest absolute Gasteiger partial charge is 0.414 e. The maximum atomic E-state index is 12.5. The monoisotopic (exact) mass is 629 g/mol. The molecule has 4 aromatic rings. The van der Waals surface area contributed by atoms with Crippen LogP contribution in [0.25, 0.3) is 20.5 Å². The summed E-state index contributed by atoms with van der Waals surface area (Å²) < 4.78 is 7.27. The maximum absolute atomic E-state index is 12.5. The van der Waals surface area contributed by atoms with Gasteiger partial charge in [0, 0.05) is 34.8 Å². The standard InChI is InChI=1S/C32H33N3O3S.C2H2O4/c36-30-20-24(21-33-30)32(37)34-25-11-9-23(10-12-25)31-28(27-5-1-2-6-29(27)39-31)19-22-7-13-26(14-8-22)38-18-17-35-15-3-4-16-35;3-1(4)2(5)6/h1-2,5-14,24H,3-4,15-21H2,(H,33,36)(H,34,37);(H,3,4)(H,5,6)/t24-;/m1./s1. The minimum absolute atomic E-state index is 0.0672. The van der Waals surface area contributed by atoms with E-state index in [4.69, 9.17) is 24.5 Å². The normalized spacial score (nSPS) is 16.1. The van der Waals surface area contributed by atoms with Gasteiger partial charge in [-0.15, -0.1) is 11.3 Å². The van der Waals surface area contributed by atoms with Crippen LogP contribution in [-0.2, 0) is 25.6 Å². The van der Waals surface area contributed by atoms with Crippen LogP contribution < -0.4 is 15.4 Å². The van der Waals surface area contributed by atoms with Crippen LogP contribution in [0.1, 0.15) is 30.4 Å². The molecule has 45 heavy (non-hydrogen) atoms. The molecule has 2 aliphatic heterocycles. The van der Waals surface area contributed by atoms with Crippen molar-refractivity contribution in [1.29, 1.82) is 0 Å². The summed E-state index contributed by atoms with van der Waals surface area (Å²) in [5.74, 6) is -3.23. The molecular formula is C34H35N3O7S. The predicted octanol–water partition coefficient (Wildman–Crippen LogP) is 4.86. The summed E-state index contributed by atoms with van der Waals surface area (Å²) in [6, 6.07) is 25.1. The first-order valence-corrected chi connectivity index (χ1v) is 15.7. The molecule has 0 bridgehead atoms. The van der Waals surface area contributed by atoms with Gasteiger partial charge in [0.25, 0.3) is 0 Å². The van der Waals surface area contributed by atoms with Crippen molar-refractivity contribution in [2.75, 3.05) is 38.1 Å². The molecule has 6 rings (SSSR count). The van der Waals surface area contributed by atoms with Crippen molar-refractivity contribution in [2.24, 2.45) is 5.92 Å². The molecule has 234 valence electrons. The SMILES string of the molecule is O=C(O)C(=O)O.O=C1C[C@@H](C(=O)Nc2ccc(-c3sc4ccccc4c3Cc3ccc(OCCN4CCCC4)cc3)cc2)CN1. The number of benzene rings is 3. The quantitative estimate of drug-likeness (QED) is 0.192. The van der Waals surface area contributed by atoms with Crippen LogP contribution in [-0.4, -0.2) is 71.7 Å². The lowest BCUT2D eigenvalue weighted by Crippen LogP contribution is -2.25. The van der Waals surface area contributed by atoms with Crippen LogP contribution in [0, 0.1) is 5.92 Å². The van der Waals surface area contributed by atoms with Gasteiger partial charge in [0.15, 0.2) is 0 Å². The Morgan fingerprint density at radius 3 is 2.27 bits per heavy atom. The zero-order valence-electron chi connectivity index (χ0n) is 24.7. The van der Waals surface area contributed by atoms with E-state index in [2.05, 4.69) is 76.2 Å². The van der Waals surface area contributed by atoms with Crippen molar-refractivity contribution in [1.82, 2.24) is 10.2 Å². The second-order valence-corrected chi connectivity index (χ2v) is 12.1. The van der Waals surface area contributed by atoms with E-state index in [1.54, 1.807) is 11.3 Å². The highest BCUT2D eigenvalue weighted by Gasteiger charge is 2.28. The molecule has 2 amide bonds. The number of hydrogen-bond acceptors (Lipinski definition) is 7. The number of carbonyl (C=O) groups is 4. The average Bonchev–Trinajstić information content (AvgIpc) is 3.80. The summed E-state index contributed by atoms with van der Waals surface area (Å²) in [5, 5.41) is 21.7. The number of nitrogens with zero attached hydrogens (tertiary/aromatic N) is 1. The van der Waals surface area contributed by atoms with Gasteiger partial charge in [0.05, 0.1) is 5.92 Å². The third-order valence-electron chi connectivity index (χ3n) is 7.82. The highest BCUT2D eigenvalue weighted by Crippen LogP contribution is 2.40. The van der Waals surface area contributed by atoms with Gasteiger partial charge in [-0.3, -0.25) is 14.5 Å². The number of ether oxygens (including phenoxy) is 1. The molecule has 3 aromatic carbocycles. The highest BCUT2D eigenvalue weighted by molar-refractivity contribution is 7.22. The van der Waals surface area contributed by atoms with Crippen molar-refractivity contribution in [3.05, 3.63) is 83.9 Å². The lowest BCUT2D eigenvalue weighted by molar-refractivity contribution is -0.159. The van der Waals surface area contributed by atoms with E-state index >= 15 is 0 Å². The fraction of sp³-hybridized carbons (Fsp3) is 0.294. The molecule has 1 atom stereocenters. The summed E-state index contributed by atoms with van der Waals surface area (Å²) in [6.45, 7) is 4.50. The average molecular weight is 630 g/mol. The van der Waals surface area contributed by atoms with E-state index in [1.165, 1.54) is 52.0 Å². The topological polar surface area (TPSA) is 145 Å². The third-order valence-corrected chi connectivity index (χ3v) is 9.09. The minimum Gasteiger partial charge on any atom is -0.492 e. The predicted molar refractivity (Wildman–Crippen MR) is 173 cm³/mol. The summed E-state index contributed by atoms with van der Waals surface area (Å²) in [5.41, 5.74) is 4.43. The van der Waals surface area contributed by atoms with Crippen molar-refractivity contribution in [3.8, 4) is 16.2 Å². The minimum atomic E-state index is -1.82. The van der Waals surface area contributed by atoms with E-state index in [0.717, 1.165) is 36.6 Å². The number of carboxylic acid groups (broad SMARTS) is 2. The van der Waals surface area contributed by atoms with Gasteiger partial charge in [0.1, 0.15) is 12.4 Å². The largest absolute Gasteiger partial charge is 0.492 e. The Labute approximate surface area is 264 Å². The fourth-order valence-electron chi connectivity index (χ4n) is 5.45. The third kappa shape index (κ3) is 8.46. The van der Waals surface area contributed by atoms with Crippen LogP contribution in [0.15, 0.2) is 72.8 Å². The van der Waals surface area contributed by atoms with Gasteiger partial charge in [-0.05, 0) is 84.8 Å². The van der Waals surface area contributed by atoms with Gasteiger partial charge >= 0.3 is 11.9 Å². The molecule has 4 N–H and O–H groups in total. The maximum Gasteiger partial charge on any atom is 0.414 e. The second kappa shape index (κ2) is 14.8. The zero-order chi connectivity index (χ0) is 31.8. The number of aliphatic carboxylic acids is 2. The van der Waals surface area contributed by atoms with Crippen molar-refractivity contribution < 1.29 is 34.1 Å². The molecule has 1 aromatic heterocycles. The van der Waals surface area contributed by atoms with E-state index in [0.29, 0.717) is 6.54 Å². The molecule has 0 spiro atoms. The fourth-order valence-corrected chi connectivity index (χ4v) is 6.68. The summed E-state index contributed by atoms with van der Waals surface area (Å²) in [7, 11) is 0. The number of thiophene rings is 1. The molecule has 11 heteroatoms. The first-order chi connectivity index (χ1) is 21.8. The van der Waals surface area contributed by atoms with Gasteiger partial charge in [-0.1, -0.05) is 42.5 Å². The molecule has 0 saturated carbocycles.